The highest BCUT2D eigenvalue weighted by Gasteiger charge is 2.24. The zero-order chi connectivity index (χ0) is 22.7. The van der Waals surface area contributed by atoms with Crippen molar-refractivity contribution in [2.45, 2.75) is 32.7 Å². The maximum absolute atomic E-state index is 13.4. The topological polar surface area (TPSA) is 98.3 Å². The molecule has 0 saturated carbocycles. The van der Waals surface area contributed by atoms with E-state index in [1.165, 1.54) is 12.1 Å². The first-order valence-electron chi connectivity index (χ1n) is 10.4. The van der Waals surface area contributed by atoms with E-state index in [1.807, 2.05) is 12.1 Å². The second-order valence-electron chi connectivity index (χ2n) is 7.60. The molecule has 0 fully saturated rings. The molecule has 2 aromatic heterocycles. The molecule has 0 unspecified atom stereocenters. The average Bonchev–Trinajstić information content (AvgIpc) is 3.25. The van der Waals surface area contributed by atoms with Crippen molar-refractivity contribution >= 4 is 28.7 Å². The van der Waals surface area contributed by atoms with Crippen LogP contribution in [-0.4, -0.2) is 33.8 Å². The minimum Gasteiger partial charge on any atom is -0.493 e. The van der Waals surface area contributed by atoms with Crippen molar-refractivity contribution in [2.75, 3.05) is 18.2 Å². The molecule has 32 heavy (non-hydrogen) atoms. The molecule has 7 nitrogen and oxygen atoms in total. The third kappa shape index (κ3) is 4.44. The number of ether oxygens (including phenoxy) is 1. The van der Waals surface area contributed by atoms with Crippen LogP contribution in [0.15, 0.2) is 53.8 Å². The summed E-state index contributed by atoms with van der Waals surface area (Å²) in [6, 6.07) is 10.2. The van der Waals surface area contributed by atoms with Gasteiger partial charge in [0.15, 0.2) is 11.6 Å². The molecular formula is C24H25FN6O. The number of nitrogens with two attached hydrogens (primary N) is 1. The van der Waals surface area contributed by atoms with Gasteiger partial charge < -0.3 is 15.8 Å². The number of hydrogen-bond donors (Lipinski definition) is 2. The Hall–Kier alpha value is -3.81. The second kappa shape index (κ2) is 9.13. The molecule has 1 aliphatic rings. The number of hydrogen-bond acceptors (Lipinski definition) is 7. The SMILES string of the molecule is CC[C@H](C)Nc1nccc(C2=C(c3cnc(N)c(OC)c3)CC(c3ccc(F)cc3)=N2)n1. The minimum atomic E-state index is -0.287. The molecule has 0 spiro atoms. The van der Waals surface area contributed by atoms with Crippen molar-refractivity contribution in [2.24, 2.45) is 4.99 Å². The van der Waals surface area contributed by atoms with Gasteiger partial charge in [-0.05, 0) is 48.7 Å². The molecule has 0 bridgehead atoms. The number of aliphatic imine (C=N–C) groups is 1. The van der Waals surface area contributed by atoms with Crippen LogP contribution < -0.4 is 15.8 Å². The van der Waals surface area contributed by atoms with Crippen molar-refractivity contribution in [3.05, 3.63) is 71.4 Å². The van der Waals surface area contributed by atoms with Gasteiger partial charge in [0.05, 0.1) is 24.2 Å². The summed E-state index contributed by atoms with van der Waals surface area (Å²) in [5.41, 5.74) is 10.8. The fourth-order valence-electron chi connectivity index (χ4n) is 3.42. The Kier molecular flexibility index (Phi) is 6.11. The Balaban J connectivity index is 1.80. The van der Waals surface area contributed by atoms with Gasteiger partial charge in [-0.2, -0.15) is 0 Å². The van der Waals surface area contributed by atoms with E-state index in [4.69, 9.17) is 20.4 Å². The maximum Gasteiger partial charge on any atom is 0.223 e. The number of allylic oxidation sites excluding steroid dienone is 1. The highest BCUT2D eigenvalue weighted by molar-refractivity contribution is 6.16. The smallest absolute Gasteiger partial charge is 0.223 e. The van der Waals surface area contributed by atoms with E-state index >= 15 is 0 Å². The van der Waals surface area contributed by atoms with E-state index in [-0.39, 0.29) is 11.9 Å². The van der Waals surface area contributed by atoms with Gasteiger partial charge in [-0.3, -0.25) is 0 Å². The Morgan fingerprint density at radius 2 is 1.94 bits per heavy atom. The summed E-state index contributed by atoms with van der Waals surface area (Å²) in [4.78, 5) is 18.2. The molecule has 0 saturated heterocycles. The van der Waals surface area contributed by atoms with E-state index < -0.39 is 0 Å². The monoisotopic (exact) mass is 432 g/mol. The summed E-state index contributed by atoms with van der Waals surface area (Å²) in [6.45, 7) is 4.17. The molecule has 3 heterocycles. The number of methoxy groups -OCH3 is 1. The summed E-state index contributed by atoms with van der Waals surface area (Å²) in [5, 5.41) is 3.30. The first kappa shape index (κ1) is 21.4. The summed E-state index contributed by atoms with van der Waals surface area (Å²) in [6.07, 6.45) is 4.90. The standard InChI is InChI=1S/C24H25FN6O/c1-4-14(2)29-24-27-10-9-19(31-24)22-18(16-11-21(32-3)23(26)28-13-16)12-20(30-22)15-5-7-17(25)8-6-15/h5-11,13-14H,4,12H2,1-3H3,(H2,26,28)(H,27,29,31)/t14-/m0/s1. The van der Waals surface area contributed by atoms with Crippen LogP contribution in [-0.2, 0) is 0 Å². The fraction of sp³-hybridized carbons (Fsp3) is 0.250. The predicted molar refractivity (Wildman–Crippen MR) is 125 cm³/mol. The normalized spacial score (nSPS) is 14.3. The second-order valence-corrected chi connectivity index (χ2v) is 7.60. The third-order valence-electron chi connectivity index (χ3n) is 5.39. The summed E-state index contributed by atoms with van der Waals surface area (Å²) >= 11 is 0. The van der Waals surface area contributed by atoms with Crippen LogP contribution in [0.1, 0.15) is 43.5 Å². The number of pyridine rings is 1. The van der Waals surface area contributed by atoms with Crippen LogP contribution in [0.25, 0.3) is 11.3 Å². The van der Waals surface area contributed by atoms with E-state index in [1.54, 1.807) is 31.6 Å². The van der Waals surface area contributed by atoms with Crippen LogP contribution in [0.5, 0.6) is 5.75 Å². The highest BCUT2D eigenvalue weighted by Crippen LogP contribution is 2.38. The van der Waals surface area contributed by atoms with Gasteiger partial charge in [0.1, 0.15) is 5.82 Å². The molecule has 3 aromatic rings. The van der Waals surface area contributed by atoms with Gasteiger partial charge >= 0.3 is 0 Å². The Labute approximate surface area is 186 Å². The quantitative estimate of drug-likeness (QED) is 0.567. The molecule has 0 aliphatic carbocycles. The van der Waals surface area contributed by atoms with Crippen LogP contribution >= 0.6 is 0 Å². The van der Waals surface area contributed by atoms with Crippen molar-refractivity contribution in [1.82, 2.24) is 15.0 Å². The van der Waals surface area contributed by atoms with Gasteiger partial charge in [-0.25, -0.2) is 24.3 Å². The third-order valence-corrected chi connectivity index (χ3v) is 5.39. The van der Waals surface area contributed by atoms with Gasteiger partial charge in [0.25, 0.3) is 0 Å². The zero-order valence-corrected chi connectivity index (χ0v) is 18.3. The molecule has 4 rings (SSSR count). The van der Waals surface area contributed by atoms with Crippen LogP contribution in [0.3, 0.4) is 0 Å². The van der Waals surface area contributed by atoms with Gasteiger partial charge in [0, 0.05) is 30.4 Å². The number of nitrogens with zero attached hydrogens (tertiary/aromatic N) is 4. The Bertz CT molecular complexity index is 1190. The lowest BCUT2D eigenvalue weighted by atomic mass is 9.98. The number of aromatic nitrogens is 3. The molecule has 1 aliphatic heterocycles. The van der Waals surface area contributed by atoms with Crippen molar-refractivity contribution in [1.29, 1.82) is 0 Å². The van der Waals surface area contributed by atoms with Crippen LogP contribution in [0, 0.1) is 5.82 Å². The van der Waals surface area contributed by atoms with E-state index in [2.05, 4.69) is 29.1 Å². The number of anilines is 2. The van der Waals surface area contributed by atoms with Crippen LogP contribution in [0.2, 0.25) is 0 Å². The van der Waals surface area contributed by atoms with Crippen molar-refractivity contribution < 1.29 is 9.13 Å². The number of benzene rings is 1. The molecule has 164 valence electrons. The molecule has 0 amide bonds. The van der Waals surface area contributed by atoms with E-state index in [0.29, 0.717) is 35.3 Å². The fourth-order valence-corrected chi connectivity index (χ4v) is 3.42. The van der Waals surface area contributed by atoms with Gasteiger partial charge in [0.2, 0.25) is 5.95 Å². The molecule has 3 N–H and O–H groups in total. The van der Waals surface area contributed by atoms with Crippen molar-refractivity contribution in [3.63, 3.8) is 0 Å². The van der Waals surface area contributed by atoms with Gasteiger partial charge in [-0.15, -0.1) is 0 Å². The van der Waals surface area contributed by atoms with Gasteiger partial charge in [-0.1, -0.05) is 19.1 Å². The van der Waals surface area contributed by atoms with E-state index in [9.17, 15) is 4.39 Å². The molecule has 1 aromatic carbocycles. The molecular weight excluding hydrogens is 407 g/mol. The summed E-state index contributed by atoms with van der Waals surface area (Å²) in [5.74, 6) is 1.07. The number of nitrogen functional groups attached to an aromatic ring is 1. The lowest BCUT2D eigenvalue weighted by Crippen LogP contribution is -2.15. The maximum atomic E-state index is 13.4. The van der Waals surface area contributed by atoms with E-state index in [0.717, 1.165) is 28.8 Å². The lowest BCUT2D eigenvalue weighted by molar-refractivity contribution is 0.415. The highest BCUT2D eigenvalue weighted by atomic mass is 19.1. The molecule has 1 atom stereocenters. The molecule has 0 radical (unpaired) electrons. The number of halogens is 1. The van der Waals surface area contributed by atoms with Crippen molar-refractivity contribution in [3.8, 4) is 5.75 Å². The predicted octanol–water partition coefficient (Wildman–Crippen LogP) is 4.57. The largest absolute Gasteiger partial charge is 0.493 e. The minimum absolute atomic E-state index is 0.242. The summed E-state index contributed by atoms with van der Waals surface area (Å²) < 4.78 is 18.8. The van der Waals surface area contributed by atoms with Crippen LogP contribution in [0.4, 0.5) is 16.2 Å². The molecule has 8 heteroatoms. The first-order chi connectivity index (χ1) is 15.5. The average molecular weight is 433 g/mol. The Morgan fingerprint density at radius 1 is 1.16 bits per heavy atom. The number of rotatable bonds is 7. The zero-order valence-electron chi connectivity index (χ0n) is 18.3. The lowest BCUT2D eigenvalue weighted by Gasteiger charge is -2.12. The first-order valence-corrected chi connectivity index (χ1v) is 10.4. The Morgan fingerprint density at radius 3 is 2.66 bits per heavy atom. The number of nitrogens with one attached hydrogen (secondary N) is 1. The summed E-state index contributed by atoms with van der Waals surface area (Å²) in [7, 11) is 1.55.